The molecule has 0 spiro atoms. The number of likely N-dealkylation sites (N-methyl/N-ethyl adjacent to an activating group) is 1. The van der Waals surface area contributed by atoms with Crippen LogP contribution >= 0.6 is 11.6 Å². The molecular weight excluding hydrogens is 176 g/mol. The van der Waals surface area contributed by atoms with Crippen molar-refractivity contribution in [1.29, 1.82) is 0 Å². The van der Waals surface area contributed by atoms with Crippen molar-refractivity contribution in [2.75, 3.05) is 7.05 Å². The van der Waals surface area contributed by atoms with Gasteiger partial charge in [-0.2, -0.15) is 0 Å². The Hall–Kier alpha value is -1.09. The van der Waals surface area contributed by atoms with Crippen molar-refractivity contribution in [3.63, 3.8) is 0 Å². The first-order chi connectivity index (χ1) is 5.75. The van der Waals surface area contributed by atoms with Crippen LogP contribution in [-0.2, 0) is 4.79 Å². The van der Waals surface area contributed by atoms with Crippen molar-refractivity contribution in [3.05, 3.63) is 30.1 Å². The number of aromatic nitrogens is 1. The van der Waals surface area contributed by atoms with E-state index in [-0.39, 0.29) is 5.91 Å². The minimum Gasteiger partial charge on any atom is -0.358 e. The highest BCUT2D eigenvalue weighted by Gasteiger charge is 2.15. The average molecular weight is 185 g/mol. The van der Waals surface area contributed by atoms with Crippen molar-refractivity contribution >= 4 is 17.5 Å². The first-order valence-corrected chi connectivity index (χ1v) is 3.95. The molecule has 0 aliphatic heterocycles. The van der Waals surface area contributed by atoms with E-state index in [4.69, 9.17) is 11.6 Å². The SMILES string of the molecule is CNC(=O)C(Cl)c1cccnc1. The molecule has 0 aliphatic rings. The summed E-state index contributed by atoms with van der Waals surface area (Å²) in [4.78, 5) is 14.9. The molecule has 0 aromatic carbocycles. The standard InChI is InChI=1S/C8H9ClN2O/c1-10-8(12)7(9)6-3-2-4-11-5-6/h2-5,7H,1H3,(H,10,12). The van der Waals surface area contributed by atoms with Gasteiger partial charge < -0.3 is 5.32 Å². The van der Waals surface area contributed by atoms with Crippen molar-refractivity contribution in [2.24, 2.45) is 0 Å². The second-order valence-corrected chi connectivity index (χ2v) is 2.70. The maximum atomic E-state index is 11.0. The molecule has 1 rings (SSSR count). The van der Waals surface area contributed by atoms with E-state index >= 15 is 0 Å². The summed E-state index contributed by atoms with van der Waals surface area (Å²) in [7, 11) is 1.55. The number of hydrogen-bond donors (Lipinski definition) is 1. The third kappa shape index (κ3) is 1.95. The third-order valence-corrected chi connectivity index (χ3v) is 1.90. The molecule has 0 aliphatic carbocycles. The number of carbonyl (C=O) groups excluding carboxylic acids is 1. The molecule has 12 heavy (non-hydrogen) atoms. The third-order valence-electron chi connectivity index (χ3n) is 1.45. The summed E-state index contributed by atoms with van der Waals surface area (Å²) in [6.07, 6.45) is 3.21. The monoisotopic (exact) mass is 184 g/mol. The number of amides is 1. The number of nitrogens with zero attached hydrogens (tertiary/aromatic N) is 1. The van der Waals surface area contributed by atoms with E-state index in [0.717, 1.165) is 0 Å². The maximum Gasteiger partial charge on any atom is 0.242 e. The summed E-state index contributed by atoms with van der Waals surface area (Å²) in [6, 6.07) is 3.51. The van der Waals surface area contributed by atoms with E-state index < -0.39 is 5.38 Å². The molecule has 0 saturated carbocycles. The Labute approximate surface area is 75.8 Å². The minimum atomic E-state index is -0.649. The maximum absolute atomic E-state index is 11.0. The predicted molar refractivity (Wildman–Crippen MR) is 46.9 cm³/mol. The first-order valence-electron chi connectivity index (χ1n) is 3.51. The molecule has 64 valence electrons. The van der Waals surface area contributed by atoms with Gasteiger partial charge in [-0.1, -0.05) is 6.07 Å². The summed E-state index contributed by atoms with van der Waals surface area (Å²) < 4.78 is 0. The smallest absolute Gasteiger partial charge is 0.242 e. The fourth-order valence-corrected chi connectivity index (χ4v) is 1.04. The number of alkyl halides is 1. The topological polar surface area (TPSA) is 42.0 Å². The Kier molecular flexibility index (Phi) is 3.05. The fraction of sp³-hybridized carbons (Fsp3) is 0.250. The van der Waals surface area contributed by atoms with E-state index in [2.05, 4.69) is 10.3 Å². The number of pyridine rings is 1. The van der Waals surface area contributed by atoms with Crippen LogP contribution in [0.2, 0.25) is 0 Å². The zero-order valence-corrected chi connectivity index (χ0v) is 7.38. The number of rotatable bonds is 2. The predicted octanol–water partition coefficient (Wildman–Crippen LogP) is 1.11. The zero-order chi connectivity index (χ0) is 8.97. The number of hydrogen-bond acceptors (Lipinski definition) is 2. The number of nitrogens with one attached hydrogen (secondary N) is 1. The van der Waals surface area contributed by atoms with Crippen LogP contribution in [0.4, 0.5) is 0 Å². The molecule has 1 atom stereocenters. The minimum absolute atomic E-state index is 0.218. The van der Waals surface area contributed by atoms with Gasteiger partial charge in [0.1, 0.15) is 5.38 Å². The van der Waals surface area contributed by atoms with Gasteiger partial charge in [0.05, 0.1) is 0 Å². The van der Waals surface area contributed by atoms with E-state index in [0.29, 0.717) is 5.56 Å². The summed E-state index contributed by atoms with van der Waals surface area (Å²) in [5, 5.41) is 1.82. The van der Waals surface area contributed by atoms with Gasteiger partial charge in [0.2, 0.25) is 5.91 Å². The first kappa shape index (κ1) is 9.00. The molecule has 1 aromatic heterocycles. The second kappa shape index (κ2) is 4.07. The van der Waals surface area contributed by atoms with Gasteiger partial charge in [0.15, 0.2) is 0 Å². The van der Waals surface area contributed by atoms with E-state index in [9.17, 15) is 4.79 Å². The molecule has 1 amide bonds. The highest BCUT2D eigenvalue weighted by Crippen LogP contribution is 2.18. The van der Waals surface area contributed by atoms with Crippen molar-refractivity contribution in [3.8, 4) is 0 Å². The summed E-state index contributed by atoms with van der Waals surface area (Å²) in [5.41, 5.74) is 0.707. The molecule has 0 fully saturated rings. The second-order valence-electron chi connectivity index (χ2n) is 2.26. The molecule has 0 bridgehead atoms. The Morgan fingerprint density at radius 2 is 2.50 bits per heavy atom. The van der Waals surface area contributed by atoms with Gasteiger partial charge >= 0.3 is 0 Å². The van der Waals surface area contributed by atoms with Crippen LogP contribution in [-0.4, -0.2) is 17.9 Å². The summed E-state index contributed by atoms with van der Waals surface area (Å²) in [5.74, 6) is -0.218. The molecule has 1 N–H and O–H groups in total. The van der Waals surface area contributed by atoms with Crippen LogP contribution in [0, 0.1) is 0 Å². The summed E-state index contributed by atoms with van der Waals surface area (Å²) in [6.45, 7) is 0. The van der Waals surface area contributed by atoms with Gasteiger partial charge in [0, 0.05) is 19.4 Å². The Morgan fingerprint density at radius 1 is 1.75 bits per heavy atom. The van der Waals surface area contributed by atoms with E-state index in [1.165, 1.54) is 0 Å². The Balaban J connectivity index is 2.78. The van der Waals surface area contributed by atoms with Crippen LogP contribution < -0.4 is 5.32 Å². The molecule has 3 nitrogen and oxygen atoms in total. The van der Waals surface area contributed by atoms with Gasteiger partial charge in [-0.3, -0.25) is 9.78 Å². The lowest BCUT2D eigenvalue weighted by Gasteiger charge is -2.06. The molecule has 1 unspecified atom stereocenters. The Morgan fingerprint density at radius 3 is 3.00 bits per heavy atom. The van der Waals surface area contributed by atoms with Crippen molar-refractivity contribution in [1.82, 2.24) is 10.3 Å². The molecule has 0 saturated heterocycles. The lowest BCUT2D eigenvalue weighted by Crippen LogP contribution is -2.22. The number of halogens is 1. The fourth-order valence-electron chi connectivity index (χ4n) is 0.804. The average Bonchev–Trinajstić information content (AvgIpc) is 2.17. The molecule has 1 heterocycles. The van der Waals surface area contributed by atoms with Crippen LogP contribution in [0.3, 0.4) is 0 Å². The van der Waals surface area contributed by atoms with Crippen molar-refractivity contribution < 1.29 is 4.79 Å². The normalized spacial score (nSPS) is 12.2. The summed E-state index contributed by atoms with van der Waals surface area (Å²) >= 11 is 5.80. The molecule has 4 heteroatoms. The molecular formula is C8H9ClN2O. The van der Waals surface area contributed by atoms with Gasteiger partial charge in [0.25, 0.3) is 0 Å². The highest BCUT2D eigenvalue weighted by molar-refractivity contribution is 6.30. The Bertz CT molecular complexity index is 263. The van der Waals surface area contributed by atoms with Crippen LogP contribution in [0.1, 0.15) is 10.9 Å². The van der Waals surface area contributed by atoms with E-state index in [1.54, 1.807) is 31.6 Å². The van der Waals surface area contributed by atoms with Crippen molar-refractivity contribution in [2.45, 2.75) is 5.38 Å². The lowest BCUT2D eigenvalue weighted by molar-refractivity contribution is -0.120. The van der Waals surface area contributed by atoms with Gasteiger partial charge in [-0.05, 0) is 11.6 Å². The molecule has 0 radical (unpaired) electrons. The largest absolute Gasteiger partial charge is 0.358 e. The van der Waals surface area contributed by atoms with Crippen LogP contribution in [0.15, 0.2) is 24.5 Å². The quantitative estimate of drug-likeness (QED) is 0.700. The van der Waals surface area contributed by atoms with Crippen LogP contribution in [0.5, 0.6) is 0 Å². The van der Waals surface area contributed by atoms with Gasteiger partial charge in [-0.15, -0.1) is 11.6 Å². The number of carbonyl (C=O) groups is 1. The zero-order valence-electron chi connectivity index (χ0n) is 6.62. The van der Waals surface area contributed by atoms with Crippen LogP contribution in [0.25, 0.3) is 0 Å². The lowest BCUT2D eigenvalue weighted by atomic mass is 10.2. The molecule has 1 aromatic rings. The van der Waals surface area contributed by atoms with E-state index in [1.807, 2.05) is 0 Å². The highest BCUT2D eigenvalue weighted by atomic mass is 35.5. The van der Waals surface area contributed by atoms with Gasteiger partial charge in [-0.25, -0.2) is 0 Å².